The van der Waals surface area contributed by atoms with Crippen LogP contribution in [0.4, 0.5) is 11.4 Å². The molecular formula is C31H23BrCl2N2O2S. The van der Waals surface area contributed by atoms with E-state index in [0.717, 1.165) is 26.7 Å². The summed E-state index contributed by atoms with van der Waals surface area (Å²) in [6.45, 7) is 4.30. The fourth-order valence-corrected chi connectivity index (χ4v) is 5.47. The number of amidine groups is 1. The molecule has 1 amide bonds. The molecular weight excluding hydrogens is 615 g/mol. The monoisotopic (exact) mass is 636 g/mol. The van der Waals surface area contributed by atoms with Gasteiger partial charge < -0.3 is 4.74 Å². The second-order valence-corrected chi connectivity index (χ2v) is 11.7. The first-order valence-corrected chi connectivity index (χ1v) is 14.5. The Kier molecular flexibility index (Phi) is 8.48. The summed E-state index contributed by atoms with van der Waals surface area (Å²) >= 11 is 17.5. The van der Waals surface area contributed by atoms with Gasteiger partial charge in [0.25, 0.3) is 5.91 Å². The van der Waals surface area contributed by atoms with Crippen molar-refractivity contribution in [3.05, 3.63) is 127 Å². The van der Waals surface area contributed by atoms with E-state index in [0.29, 0.717) is 43.8 Å². The van der Waals surface area contributed by atoms with Crippen LogP contribution in [-0.4, -0.2) is 11.1 Å². The van der Waals surface area contributed by atoms with Gasteiger partial charge in [-0.2, -0.15) is 0 Å². The molecule has 4 aromatic rings. The van der Waals surface area contributed by atoms with Gasteiger partial charge in [-0.15, -0.1) is 0 Å². The van der Waals surface area contributed by atoms with Gasteiger partial charge in [-0.05, 0) is 102 Å². The molecule has 196 valence electrons. The smallest absolute Gasteiger partial charge is 0.271 e. The standard InChI is InChI=1S/C31H23BrCl2N2O2S/c1-19-6-12-24(16-27(19)33)35-31-36(25-13-7-20(2)28(34)17-25)30(37)29(39-31)15-22-4-3-5-26(14-22)38-18-21-8-10-23(32)11-9-21/h3-17H,18H2,1-2H3/b29-15-,35-31?. The number of amides is 1. The summed E-state index contributed by atoms with van der Waals surface area (Å²) in [5.41, 5.74) is 5.11. The molecule has 8 heteroatoms. The number of hydrogen-bond acceptors (Lipinski definition) is 4. The normalized spacial score (nSPS) is 15.4. The van der Waals surface area contributed by atoms with Crippen molar-refractivity contribution >= 4 is 79.4 Å². The molecule has 0 unspecified atom stereocenters. The van der Waals surface area contributed by atoms with Gasteiger partial charge >= 0.3 is 0 Å². The maximum Gasteiger partial charge on any atom is 0.271 e. The van der Waals surface area contributed by atoms with Gasteiger partial charge in [0.05, 0.1) is 16.3 Å². The number of benzene rings is 4. The third-order valence-electron chi connectivity index (χ3n) is 6.07. The van der Waals surface area contributed by atoms with Crippen molar-refractivity contribution in [2.24, 2.45) is 4.99 Å². The summed E-state index contributed by atoms with van der Waals surface area (Å²) in [4.78, 5) is 20.6. The van der Waals surface area contributed by atoms with Crippen LogP contribution in [0.3, 0.4) is 0 Å². The van der Waals surface area contributed by atoms with E-state index in [2.05, 4.69) is 15.9 Å². The highest BCUT2D eigenvalue weighted by atomic mass is 79.9. The van der Waals surface area contributed by atoms with Gasteiger partial charge in [-0.1, -0.05) is 75.5 Å². The predicted molar refractivity (Wildman–Crippen MR) is 167 cm³/mol. The average Bonchev–Trinajstić information content (AvgIpc) is 3.21. The molecule has 4 aromatic carbocycles. The van der Waals surface area contributed by atoms with E-state index in [1.165, 1.54) is 11.8 Å². The van der Waals surface area contributed by atoms with Crippen LogP contribution in [0.25, 0.3) is 6.08 Å². The fourth-order valence-electron chi connectivity index (χ4n) is 3.85. The van der Waals surface area contributed by atoms with Crippen LogP contribution < -0.4 is 9.64 Å². The topological polar surface area (TPSA) is 41.9 Å². The number of carbonyl (C=O) groups excluding carboxylic acids is 1. The quantitative estimate of drug-likeness (QED) is 0.198. The van der Waals surface area contributed by atoms with Gasteiger partial charge in [0.15, 0.2) is 5.17 Å². The largest absolute Gasteiger partial charge is 0.489 e. The molecule has 1 aliphatic rings. The number of carbonyl (C=O) groups is 1. The van der Waals surface area contributed by atoms with E-state index < -0.39 is 0 Å². The second-order valence-electron chi connectivity index (χ2n) is 9.00. The van der Waals surface area contributed by atoms with Gasteiger partial charge in [0, 0.05) is 14.5 Å². The van der Waals surface area contributed by atoms with Crippen molar-refractivity contribution in [2.75, 3.05) is 4.90 Å². The Labute approximate surface area is 250 Å². The van der Waals surface area contributed by atoms with Gasteiger partial charge in [0.1, 0.15) is 12.4 Å². The number of thioether (sulfide) groups is 1. The van der Waals surface area contributed by atoms with Gasteiger partial charge in [-0.3, -0.25) is 9.69 Å². The van der Waals surface area contributed by atoms with Crippen LogP contribution in [0.1, 0.15) is 22.3 Å². The Morgan fingerprint density at radius 1 is 0.923 bits per heavy atom. The summed E-state index contributed by atoms with van der Waals surface area (Å²) in [7, 11) is 0. The molecule has 5 rings (SSSR count). The molecule has 39 heavy (non-hydrogen) atoms. The molecule has 0 aromatic heterocycles. The van der Waals surface area contributed by atoms with Crippen LogP contribution in [0.2, 0.25) is 10.0 Å². The number of nitrogens with zero attached hydrogens (tertiary/aromatic N) is 2. The number of halogens is 3. The minimum absolute atomic E-state index is 0.182. The minimum Gasteiger partial charge on any atom is -0.489 e. The Balaban J connectivity index is 1.46. The van der Waals surface area contributed by atoms with Crippen molar-refractivity contribution in [3.8, 4) is 5.75 Å². The minimum atomic E-state index is -0.182. The lowest BCUT2D eigenvalue weighted by molar-refractivity contribution is -0.113. The van der Waals surface area contributed by atoms with Crippen molar-refractivity contribution < 1.29 is 9.53 Å². The third-order valence-corrected chi connectivity index (χ3v) is 8.39. The maximum absolute atomic E-state index is 13.7. The lowest BCUT2D eigenvalue weighted by atomic mass is 10.2. The van der Waals surface area contributed by atoms with E-state index in [-0.39, 0.29) is 5.91 Å². The number of rotatable bonds is 6. The number of aryl methyl sites for hydroxylation is 2. The third kappa shape index (κ3) is 6.59. The highest BCUT2D eigenvalue weighted by molar-refractivity contribution is 9.10. The zero-order chi connectivity index (χ0) is 27.5. The van der Waals surface area contributed by atoms with Crippen LogP contribution >= 0.6 is 50.9 Å². The molecule has 0 aliphatic carbocycles. The van der Waals surface area contributed by atoms with Crippen LogP contribution in [0.5, 0.6) is 5.75 Å². The highest BCUT2D eigenvalue weighted by Crippen LogP contribution is 2.39. The maximum atomic E-state index is 13.7. The molecule has 0 bridgehead atoms. The lowest BCUT2D eigenvalue weighted by Gasteiger charge is -2.16. The van der Waals surface area contributed by atoms with Crippen LogP contribution in [0.15, 0.2) is 99.3 Å². The number of anilines is 1. The second kappa shape index (κ2) is 12.0. The predicted octanol–water partition coefficient (Wildman–Crippen LogP) is 9.76. The first-order chi connectivity index (χ1) is 18.8. The summed E-state index contributed by atoms with van der Waals surface area (Å²) in [5.74, 6) is 0.533. The van der Waals surface area contributed by atoms with Gasteiger partial charge in [0.2, 0.25) is 0 Å². The number of aliphatic imine (C=N–C) groups is 1. The Bertz CT molecular complexity index is 1620. The van der Waals surface area contributed by atoms with E-state index in [9.17, 15) is 4.79 Å². The summed E-state index contributed by atoms with van der Waals surface area (Å²) < 4.78 is 7.02. The van der Waals surface area contributed by atoms with Crippen molar-refractivity contribution in [3.63, 3.8) is 0 Å². The first kappa shape index (κ1) is 27.5. The molecule has 1 saturated heterocycles. The van der Waals surface area contributed by atoms with Crippen molar-refractivity contribution in [2.45, 2.75) is 20.5 Å². The van der Waals surface area contributed by atoms with Crippen molar-refractivity contribution in [1.29, 1.82) is 0 Å². The van der Waals surface area contributed by atoms with E-state index in [4.69, 9.17) is 32.9 Å². The number of ether oxygens (including phenoxy) is 1. The SMILES string of the molecule is Cc1ccc(N=C2S/C(=C\c3cccc(OCc4ccc(Br)cc4)c3)C(=O)N2c2ccc(C)c(Cl)c2)cc1Cl. The molecule has 0 spiro atoms. The molecule has 0 radical (unpaired) electrons. The Hall–Kier alpha value is -3.03. The van der Waals surface area contributed by atoms with E-state index >= 15 is 0 Å². The van der Waals surface area contributed by atoms with Crippen molar-refractivity contribution in [1.82, 2.24) is 0 Å². The molecule has 1 fully saturated rings. The van der Waals surface area contributed by atoms with E-state index in [1.54, 1.807) is 17.0 Å². The fraction of sp³-hybridized carbons (Fsp3) is 0.0968. The average molecular weight is 638 g/mol. The van der Waals surface area contributed by atoms with Crippen LogP contribution in [0, 0.1) is 13.8 Å². The molecule has 0 atom stereocenters. The molecule has 0 saturated carbocycles. The summed E-state index contributed by atoms with van der Waals surface area (Å²) in [6.07, 6.45) is 1.85. The van der Waals surface area contributed by atoms with E-state index in [1.807, 2.05) is 92.7 Å². The summed E-state index contributed by atoms with van der Waals surface area (Å²) in [6, 6.07) is 26.8. The van der Waals surface area contributed by atoms with Crippen LogP contribution in [-0.2, 0) is 11.4 Å². The number of hydrogen-bond donors (Lipinski definition) is 0. The lowest BCUT2D eigenvalue weighted by Crippen LogP contribution is -2.28. The van der Waals surface area contributed by atoms with Gasteiger partial charge in [-0.25, -0.2) is 4.99 Å². The molecule has 1 heterocycles. The molecule has 4 nitrogen and oxygen atoms in total. The first-order valence-electron chi connectivity index (χ1n) is 12.1. The molecule has 0 N–H and O–H groups in total. The summed E-state index contributed by atoms with van der Waals surface area (Å²) in [5, 5.41) is 1.72. The zero-order valence-corrected chi connectivity index (χ0v) is 25.0. The highest BCUT2D eigenvalue weighted by Gasteiger charge is 2.35. The molecule has 1 aliphatic heterocycles. The Morgan fingerprint density at radius 3 is 2.36 bits per heavy atom. The Morgan fingerprint density at radius 2 is 1.64 bits per heavy atom. The zero-order valence-electron chi connectivity index (χ0n) is 21.1.